The first-order valence-corrected chi connectivity index (χ1v) is 7.05. The molecule has 0 aromatic carbocycles. The van der Waals surface area contributed by atoms with E-state index in [2.05, 4.69) is 10.1 Å². The van der Waals surface area contributed by atoms with E-state index in [0.717, 1.165) is 4.68 Å². The van der Waals surface area contributed by atoms with Crippen molar-refractivity contribution >= 4 is 27.4 Å². The molecule has 2 rings (SSSR count). The Morgan fingerprint density at radius 2 is 2.15 bits per heavy atom. The van der Waals surface area contributed by atoms with Gasteiger partial charge in [0.15, 0.2) is 11.6 Å². The molecule has 0 amide bonds. The van der Waals surface area contributed by atoms with Gasteiger partial charge in [0, 0.05) is 7.05 Å². The molecule has 2 heterocycles. The van der Waals surface area contributed by atoms with Gasteiger partial charge in [0.25, 0.3) is 10.0 Å². The van der Waals surface area contributed by atoms with E-state index in [1.807, 2.05) is 9.71 Å². The summed E-state index contributed by atoms with van der Waals surface area (Å²) in [4.78, 5) is 15.8. The van der Waals surface area contributed by atoms with Crippen molar-refractivity contribution in [2.24, 2.45) is 7.05 Å². The molecule has 2 aromatic rings. The van der Waals surface area contributed by atoms with Crippen molar-refractivity contribution in [2.75, 3.05) is 4.72 Å². The summed E-state index contributed by atoms with van der Waals surface area (Å²) in [6.45, 7) is 1.44. The number of sulfonamides is 1. The maximum atomic E-state index is 13.4. The Bertz CT molecular complexity index is 829. The van der Waals surface area contributed by atoms with Crippen LogP contribution in [0.5, 0.6) is 0 Å². The Morgan fingerprint density at radius 3 is 2.70 bits per heavy atom. The molecule has 0 aliphatic rings. The van der Waals surface area contributed by atoms with Crippen LogP contribution < -0.4 is 10.4 Å². The molecule has 0 unspecified atom stereocenters. The maximum Gasteiger partial charge on any atom is 0.346 e. The lowest BCUT2D eigenvalue weighted by Crippen LogP contribution is -2.20. The quantitative estimate of drug-likeness (QED) is 0.850. The molecular weight excluding hydrogens is 313 g/mol. The summed E-state index contributed by atoms with van der Waals surface area (Å²) in [5.41, 5.74) is -0.750. The van der Waals surface area contributed by atoms with Crippen LogP contribution in [-0.4, -0.2) is 28.2 Å². The minimum Gasteiger partial charge on any atom is -0.289 e. The predicted molar refractivity (Wildman–Crippen MR) is 68.6 cm³/mol. The van der Waals surface area contributed by atoms with Crippen LogP contribution in [0.15, 0.2) is 15.9 Å². The van der Waals surface area contributed by atoms with Gasteiger partial charge in [-0.05, 0) is 6.92 Å². The normalized spacial score (nSPS) is 11.6. The minimum absolute atomic E-state index is 0.133. The van der Waals surface area contributed by atoms with Crippen molar-refractivity contribution < 1.29 is 12.8 Å². The molecule has 0 radical (unpaired) electrons. The smallest absolute Gasteiger partial charge is 0.289 e. The van der Waals surface area contributed by atoms with E-state index in [9.17, 15) is 17.6 Å². The summed E-state index contributed by atoms with van der Waals surface area (Å²) in [6, 6.07) is 0. The fourth-order valence-corrected chi connectivity index (χ4v) is 3.34. The first kappa shape index (κ1) is 14.5. The second kappa shape index (κ2) is 4.87. The van der Waals surface area contributed by atoms with Gasteiger partial charge < -0.3 is 0 Å². The highest BCUT2D eigenvalue weighted by Gasteiger charge is 2.26. The van der Waals surface area contributed by atoms with E-state index in [4.69, 9.17) is 11.6 Å². The number of hydrogen-bond donors (Lipinski definition) is 2. The van der Waals surface area contributed by atoms with Gasteiger partial charge in [-0.15, -0.1) is 0 Å². The van der Waals surface area contributed by atoms with Gasteiger partial charge in [0.05, 0.1) is 11.9 Å². The second-order valence-corrected chi connectivity index (χ2v) is 5.82. The number of aromatic nitrogens is 4. The molecule has 2 aromatic heterocycles. The van der Waals surface area contributed by atoms with Gasteiger partial charge in [-0.1, -0.05) is 11.6 Å². The summed E-state index contributed by atoms with van der Waals surface area (Å²) < 4.78 is 40.8. The Hall–Kier alpha value is -1.94. The molecule has 0 saturated carbocycles. The molecule has 108 valence electrons. The van der Waals surface area contributed by atoms with Crippen LogP contribution >= 0.6 is 11.6 Å². The van der Waals surface area contributed by atoms with E-state index in [1.54, 1.807) is 0 Å². The molecule has 0 atom stereocenters. The number of halogens is 2. The molecule has 0 aliphatic heterocycles. The van der Waals surface area contributed by atoms with Crippen molar-refractivity contribution in [2.45, 2.75) is 11.8 Å². The summed E-state index contributed by atoms with van der Waals surface area (Å²) in [6.07, 6.45) is 0.606. The van der Waals surface area contributed by atoms with Gasteiger partial charge in [0.1, 0.15) is 10.0 Å². The van der Waals surface area contributed by atoms with Gasteiger partial charge >= 0.3 is 5.69 Å². The molecule has 0 bridgehead atoms. The highest BCUT2D eigenvalue weighted by molar-refractivity contribution is 7.92. The lowest BCUT2D eigenvalue weighted by Gasteiger charge is -2.07. The van der Waals surface area contributed by atoms with Crippen molar-refractivity contribution in [3.8, 4) is 0 Å². The van der Waals surface area contributed by atoms with Crippen molar-refractivity contribution in [3.63, 3.8) is 0 Å². The zero-order chi connectivity index (χ0) is 15.1. The molecule has 0 spiro atoms. The number of rotatable bonds is 3. The molecule has 0 saturated heterocycles. The van der Waals surface area contributed by atoms with Gasteiger partial charge in [0.2, 0.25) is 0 Å². The first-order valence-electron chi connectivity index (χ1n) is 5.19. The highest BCUT2D eigenvalue weighted by atomic mass is 35.5. The van der Waals surface area contributed by atoms with Crippen LogP contribution in [0.1, 0.15) is 5.69 Å². The van der Waals surface area contributed by atoms with Crippen molar-refractivity contribution in [1.29, 1.82) is 0 Å². The lowest BCUT2D eigenvalue weighted by atomic mass is 10.5. The largest absolute Gasteiger partial charge is 0.346 e. The molecular formula is C9H9ClFN5O3S. The number of nitrogens with one attached hydrogen (secondary N) is 2. The van der Waals surface area contributed by atoms with Gasteiger partial charge in [-0.3, -0.25) is 14.4 Å². The fraction of sp³-hybridized carbons (Fsp3) is 0.222. The summed E-state index contributed by atoms with van der Waals surface area (Å²) in [5.74, 6) is -1.64. The SMILES string of the molecule is Cc1nn(C)c(Cl)c1S(=O)(=O)Nc1[nH]c(=O)ncc1F. The fourth-order valence-electron chi connectivity index (χ4n) is 1.55. The number of nitrogens with zero attached hydrogens (tertiary/aromatic N) is 3. The molecule has 0 aliphatic carbocycles. The number of anilines is 1. The molecule has 0 fully saturated rings. The second-order valence-electron chi connectivity index (χ2n) is 3.85. The highest BCUT2D eigenvalue weighted by Crippen LogP contribution is 2.26. The summed E-state index contributed by atoms with van der Waals surface area (Å²) >= 11 is 5.84. The van der Waals surface area contributed by atoms with Gasteiger partial charge in [-0.25, -0.2) is 17.6 Å². The van der Waals surface area contributed by atoms with Gasteiger partial charge in [-0.2, -0.15) is 10.1 Å². The van der Waals surface area contributed by atoms with E-state index in [0.29, 0.717) is 6.20 Å². The Balaban J connectivity index is 2.51. The first-order chi connectivity index (χ1) is 9.22. The summed E-state index contributed by atoms with van der Waals surface area (Å²) in [5, 5.41) is 3.71. The molecule has 11 heteroatoms. The Morgan fingerprint density at radius 1 is 1.50 bits per heavy atom. The third-order valence-corrected chi connectivity index (χ3v) is 4.42. The third-order valence-electron chi connectivity index (χ3n) is 2.37. The number of aromatic amines is 1. The number of aryl methyl sites for hydroxylation is 2. The van der Waals surface area contributed by atoms with Crippen LogP contribution in [0, 0.1) is 12.7 Å². The van der Waals surface area contributed by atoms with Crippen LogP contribution in [-0.2, 0) is 17.1 Å². The van der Waals surface area contributed by atoms with Crippen LogP contribution in [0.2, 0.25) is 5.15 Å². The lowest BCUT2D eigenvalue weighted by molar-refractivity contribution is 0.595. The topological polar surface area (TPSA) is 110 Å². The zero-order valence-corrected chi connectivity index (χ0v) is 11.9. The van der Waals surface area contributed by atoms with Crippen molar-refractivity contribution in [3.05, 3.63) is 33.3 Å². The van der Waals surface area contributed by atoms with E-state index in [1.165, 1.54) is 14.0 Å². The van der Waals surface area contributed by atoms with E-state index in [-0.39, 0.29) is 15.7 Å². The molecule has 2 N–H and O–H groups in total. The molecule has 8 nitrogen and oxygen atoms in total. The predicted octanol–water partition coefficient (Wildman–Crippen LogP) is 0.405. The average Bonchev–Trinajstić information content (AvgIpc) is 2.58. The van der Waals surface area contributed by atoms with Crippen LogP contribution in [0.4, 0.5) is 10.2 Å². The monoisotopic (exact) mass is 321 g/mol. The Kier molecular flexibility index (Phi) is 3.52. The summed E-state index contributed by atoms with van der Waals surface area (Å²) in [7, 11) is -2.73. The standard InChI is InChI=1S/C9H9ClFN5O3S/c1-4-6(7(10)16(2)14-4)20(18,19)15-8-5(11)3-12-9(17)13-8/h3H,1-2H3,(H2,12,13,15,17). The molecule has 20 heavy (non-hydrogen) atoms. The maximum absolute atomic E-state index is 13.4. The zero-order valence-electron chi connectivity index (χ0n) is 10.3. The van der Waals surface area contributed by atoms with E-state index < -0.39 is 27.3 Å². The van der Waals surface area contributed by atoms with Crippen molar-refractivity contribution in [1.82, 2.24) is 19.7 Å². The third kappa shape index (κ3) is 2.51. The van der Waals surface area contributed by atoms with Crippen LogP contribution in [0.25, 0.3) is 0 Å². The Labute approximate surface area is 117 Å². The average molecular weight is 322 g/mol. The number of H-pyrrole nitrogens is 1. The van der Waals surface area contributed by atoms with Crippen LogP contribution in [0.3, 0.4) is 0 Å². The van der Waals surface area contributed by atoms with E-state index >= 15 is 0 Å². The number of hydrogen-bond acceptors (Lipinski definition) is 5. The minimum atomic E-state index is -4.20.